The second-order valence-corrected chi connectivity index (χ2v) is 22.9. The van der Waals surface area contributed by atoms with Gasteiger partial charge in [-0.05, 0) is 57.8 Å². The van der Waals surface area contributed by atoms with Crippen LogP contribution in [0.3, 0.4) is 0 Å². The fourth-order valence-electron chi connectivity index (χ4n) is 10.5. The van der Waals surface area contributed by atoms with E-state index in [1.807, 2.05) is 6.08 Å². The molecular weight excluding hydrogens is 879 g/mol. The number of aliphatic hydroxyl groups is 2. The molecule has 72 heavy (non-hydrogen) atoms. The van der Waals surface area contributed by atoms with Gasteiger partial charge in [0.05, 0.1) is 18.8 Å². The predicted octanol–water partition coefficient (Wildman–Crippen LogP) is 22.4. The molecule has 0 bridgehead atoms. The lowest BCUT2D eigenvalue weighted by Gasteiger charge is -2.19. The van der Waals surface area contributed by atoms with Gasteiger partial charge in [0, 0.05) is 6.42 Å². The van der Waals surface area contributed by atoms with Gasteiger partial charge in [-0.1, -0.05) is 346 Å². The lowest BCUT2D eigenvalue weighted by atomic mass is 10.0. The number of hydrogen-bond donors (Lipinski definition) is 3. The van der Waals surface area contributed by atoms with Gasteiger partial charge in [-0.3, -0.25) is 4.79 Å². The number of aliphatic hydroxyl groups excluding tert-OH is 2. The normalized spacial score (nSPS) is 12.9. The highest BCUT2D eigenvalue weighted by Gasteiger charge is 2.18. The maximum absolute atomic E-state index is 12.5. The van der Waals surface area contributed by atoms with Crippen molar-refractivity contribution in [1.29, 1.82) is 0 Å². The summed E-state index contributed by atoms with van der Waals surface area (Å²) in [4.78, 5) is 12.5. The molecule has 4 nitrogen and oxygen atoms in total. The Hall–Kier alpha value is -1.39. The number of unbranched alkanes of at least 4 members (excludes halogenated alkanes) is 51. The SMILES string of the molecule is CCCCCCCCCC/C=C\CCCCCCCCCCCCCCCCCCCC(=O)NC(CO)C(O)/C=C/CC/C=C/CCCCCCCCCCCCCCCCCCCCCCCCCCC. The van der Waals surface area contributed by atoms with Crippen molar-refractivity contribution in [3.8, 4) is 0 Å². The molecule has 4 heteroatoms. The van der Waals surface area contributed by atoms with Gasteiger partial charge in [0.1, 0.15) is 0 Å². The zero-order chi connectivity index (χ0) is 52.0. The summed E-state index contributed by atoms with van der Waals surface area (Å²) in [7, 11) is 0. The first-order valence-corrected chi connectivity index (χ1v) is 33.2. The molecule has 0 aliphatic heterocycles. The van der Waals surface area contributed by atoms with Gasteiger partial charge in [-0.25, -0.2) is 0 Å². The number of rotatable bonds is 62. The number of nitrogens with one attached hydrogen (secondary N) is 1. The Morgan fingerprint density at radius 1 is 0.319 bits per heavy atom. The molecule has 2 unspecified atom stereocenters. The Bertz CT molecular complexity index is 1100. The van der Waals surface area contributed by atoms with E-state index in [1.165, 1.54) is 321 Å². The first kappa shape index (κ1) is 70.6. The minimum atomic E-state index is -0.863. The number of amides is 1. The molecular formula is C68H131NO3. The van der Waals surface area contributed by atoms with E-state index >= 15 is 0 Å². The molecule has 1 amide bonds. The van der Waals surface area contributed by atoms with Crippen molar-refractivity contribution < 1.29 is 15.0 Å². The third-order valence-corrected chi connectivity index (χ3v) is 15.6. The molecule has 0 fully saturated rings. The molecule has 0 saturated heterocycles. The van der Waals surface area contributed by atoms with Crippen LogP contribution in [0.15, 0.2) is 36.5 Å². The fourth-order valence-corrected chi connectivity index (χ4v) is 10.5. The van der Waals surface area contributed by atoms with Crippen LogP contribution in [0.4, 0.5) is 0 Å². The van der Waals surface area contributed by atoms with Crippen molar-refractivity contribution in [1.82, 2.24) is 5.32 Å². The van der Waals surface area contributed by atoms with Crippen LogP contribution in [-0.4, -0.2) is 34.9 Å². The first-order valence-electron chi connectivity index (χ1n) is 33.2. The van der Waals surface area contributed by atoms with Crippen LogP contribution >= 0.6 is 0 Å². The number of hydrogen-bond acceptors (Lipinski definition) is 3. The maximum Gasteiger partial charge on any atom is 0.220 e. The molecule has 2 atom stereocenters. The van der Waals surface area contributed by atoms with Crippen molar-refractivity contribution in [3.63, 3.8) is 0 Å². The number of carbonyl (C=O) groups excluding carboxylic acids is 1. The molecule has 0 aromatic rings. The molecule has 0 spiro atoms. The van der Waals surface area contributed by atoms with E-state index in [-0.39, 0.29) is 12.5 Å². The van der Waals surface area contributed by atoms with E-state index in [0.717, 1.165) is 32.1 Å². The topological polar surface area (TPSA) is 69.6 Å². The Kier molecular flexibility index (Phi) is 62.7. The summed E-state index contributed by atoms with van der Waals surface area (Å²) < 4.78 is 0. The van der Waals surface area contributed by atoms with Crippen LogP contribution in [0.1, 0.15) is 373 Å². The Labute approximate surface area is 452 Å². The quantitative estimate of drug-likeness (QED) is 0.0420. The van der Waals surface area contributed by atoms with E-state index in [9.17, 15) is 15.0 Å². The van der Waals surface area contributed by atoms with Crippen molar-refractivity contribution >= 4 is 5.91 Å². The second-order valence-electron chi connectivity index (χ2n) is 22.9. The third kappa shape index (κ3) is 59.5. The monoisotopic (exact) mass is 1010 g/mol. The second kappa shape index (κ2) is 63.9. The molecule has 0 aromatic carbocycles. The van der Waals surface area contributed by atoms with Gasteiger partial charge in [-0.15, -0.1) is 0 Å². The average Bonchev–Trinajstić information content (AvgIpc) is 3.39. The van der Waals surface area contributed by atoms with Crippen LogP contribution in [0.5, 0.6) is 0 Å². The largest absolute Gasteiger partial charge is 0.394 e. The van der Waals surface area contributed by atoms with Gasteiger partial charge in [0.2, 0.25) is 5.91 Å². The van der Waals surface area contributed by atoms with Crippen LogP contribution in [0, 0.1) is 0 Å². The van der Waals surface area contributed by atoms with Crippen molar-refractivity contribution in [3.05, 3.63) is 36.5 Å². The zero-order valence-corrected chi connectivity index (χ0v) is 49.2. The molecule has 0 aliphatic rings. The zero-order valence-electron chi connectivity index (χ0n) is 49.2. The van der Waals surface area contributed by atoms with E-state index in [2.05, 4.69) is 43.5 Å². The van der Waals surface area contributed by atoms with Crippen molar-refractivity contribution in [2.75, 3.05) is 6.61 Å². The smallest absolute Gasteiger partial charge is 0.220 e. The van der Waals surface area contributed by atoms with Gasteiger partial charge >= 0.3 is 0 Å². The third-order valence-electron chi connectivity index (χ3n) is 15.6. The minimum absolute atomic E-state index is 0.0667. The average molecular weight is 1010 g/mol. The van der Waals surface area contributed by atoms with Gasteiger partial charge in [-0.2, -0.15) is 0 Å². The van der Waals surface area contributed by atoms with Crippen LogP contribution < -0.4 is 5.32 Å². The highest BCUT2D eigenvalue weighted by Crippen LogP contribution is 2.18. The van der Waals surface area contributed by atoms with Crippen molar-refractivity contribution in [2.45, 2.75) is 386 Å². The van der Waals surface area contributed by atoms with Crippen LogP contribution in [0.2, 0.25) is 0 Å². The molecule has 0 rings (SSSR count). The maximum atomic E-state index is 12.5. The lowest BCUT2D eigenvalue weighted by Crippen LogP contribution is -2.45. The van der Waals surface area contributed by atoms with E-state index in [4.69, 9.17) is 0 Å². The standard InChI is InChI=1S/C68H131NO3/c1-3-5-7-9-11-13-15-17-19-21-23-25-27-29-31-33-34-36-37-39-41-43-45-47-49-51-53-55-57-59-61-63-67(71)66(65-70)69-68(72)64-62-60-58-56-54-52-50-48-46-44-42-40-38-35-32-30-28-26-24-22-20-18-16-14-12-10-8-6-4-2/h22,24,53,55,61,63,66-67,70-71H,3-21,23,25-52,54,56-60,62,64-65H2,1-2H3,(H,69,72)/b24-22-,55-53+,63-61+. The molecule has 0 aliphatic carbocycles. The summed E-state index contributed by atoms with van der Waals surface area (Å²) in [6.45, 7) is 4.34. The highest BCUT2D eigenvalue weighted by atomic mass is 16.3. The Morgan fingerprint density at radius 3 is 0.806 bits per heavy atom. The Balaban J connectivity index is 3.46. The predicted molar refractivity (Wildman–Crippen MR) is 322 cm³/mol. The Morgan fingerprint density at radius 2 is 0.542 bits per heavy atom. The molecule has 0 heterocycles. The summed E-state index contributed by atoms with van der Waals surface area (Å²) in [5.74, 6) is -0.0667. The lowest BCUT2D eigenvalue weighted by molar-refractivity contribution is -0.123. The summed E-state index contributed by atoms with van der Waals surface area (Å²) in [5, 5.41) is 23.2. The first-order chi connectivity index (χ1) is 35.7. The highest BCUT2D eigenvalue weighted by molar-refractivity contribution is 5.76. The fraction of sp³-hybridized carbons (Fsp3) is 0.897. The van der Waals surface area contributed by atoms with Crippen molar-refractivity contribution in [2.24, 2.45) is 0 Å². The summed E-state index contributed by atoms with van der Waals surface area (Å²) in [5.41, 5.74) is 0. The number of carbonyl (C=O) groups is 1. The van der Waals surface area contributed by atoms with Gasteiger partial charge < -0.3 is 15.5 Å². The summed E-state index contributed by atoms with van der Waals surface area (Å²) >= 11 is 0. The summed E-state index contributed by atoms with van der Waals surface area (Å²) in [6, 6.07) is -0.639. The molecule has 426 valence electrons. The van der Waals surface area contributed by atoms with E-state index < -0.39 is 12.1 Å². The van der Waals surface area contributed by atoms with Crippen LogP contribution in [-0.2, 0) is 4.79 Å². The molecule has 0 aromatic heterocycles. The minimum Gasteiger partial charge on any atom is -0.394 e. The van der Waals surface area contributed by atoms with E-state index in [0.29, 0.717) is 6.42 Å². The molecule has 0 radical (unpaired) electrons. The molecule has 0 saturated carbocycles. The molecule has 3 N–H and O–H groups in total. The number of allylic oxidation sites excluding steroid dienone is 5. The van der Waals surface area contributed by atoms with Gasteiger partial charge in [0.25, 0.3) is 0 Å². The van der Waals surface area contributed by atoms with Gasteiger partial charge in [0.15, 0.2) is 0 Å². The van der Waals surface area contributed by atoms with Crippen LogP contribution in [0.25, 0.3) is 0 Å². The van der Waals surface area contributed by atoms with E-state index in [1.54, 1.807) is 6.08 Å². The summed E-state index contributed by atoms with van der Waals surface area (Å²) in [6.07, 6.45) is 87.9.